The number of carbonyl (C=O) groups is 1. The highest BCUT2D eigenvalue weighted by Crippen LogP contribution is 2.34. The van der Waals surface area contributed by atoms with Gasteiger partial charge in [-0.25, -0.2) is 4.72 Å². The molecule has 2 aromatic rings. The van der Waals surface area contributed by atoms with Crippen LogP contribution >= 0.6 is 0 Å². The van der Waals surface area contributed by atoms with Gasteiger partial charge in [0.15, 0.2) is 0 Å². The standard InChI is InChI=1S/C17H22N6O3S/c1-19-27(25,26)22-9-7-13-15(10-22)21-23(16(13)18)17(24)12-6-8-20-14-5-3-2-4-11(12)14/h2-5,12,19-20H,6-10,18H2,1H3. The molecule has 10 heteroatoms. The van der Waals surface area contributed by atoms with Crippen LogP contribution in [0.15, 0.2) is 24.3 Å². The van der Waals surface area contributed by atoms with Gasteiger partial charge in [0.1, 0.15) is 5.82 Å². The first-order valence-corrected chi connectivity index (χ1v) is 10.3. The molecule has 0 fully saturated rings. The number of nitrogens with two attached hydrogens (primary N) is 1. The minimum absolute atomic E-state index is 0.103. The van der Waals surface area contributed by atoms with Gasteiger partial charge in [-0.3, -0.25) is 4.79 Å². The Morgan fingerprint density at radius 1 is 1.37 bits per heavy atom. The van der Waals surface area contributed by atoms with Crippen LogP contribution in [0.3, 0.4) is 0 Å². The minimum Gasteiger partial charge on any atom is -0.385 e. The lowest BCUT2D eigenvalue weighted by atomic mass is 9.90. The summed E-state index contributed by atoms with van der Waals surface area (Å²) in [7, 11) is -2.18. The maximum Gasteiger partial charge on any atom is 0.279 e. The van der Waals surface area contributed by atoms with Crippen molar-refractivity contribution in [2.24, 2.45) is 0 Å². The number of para-hydroxylation sites is 1. The molecular weight excluding hydrogens is 368 g/mol. The van der Waals surface area contributed by atoms with Crippen molar-refractivity contribution in [1.29, 1.82) is 0 Å². The van der Waals surface area contributed by atoms with Crippen molar-refractivity contribution in [3.05, 3.63) is 41.1 Å². The molecule has 0 bridgehead atoms. The SMILES string of the molecule is CNS(=O)(=O)N1CCc2c(nn(C(=O)C3CCNc4ccccc43)c2N)C1. The normalized spacial score (nSPS) is 19.8. The van der Waals surface area contributed by atoms with E-state index < -0.39 is 10.2 Å². The van der Waals surface area contributed by atoms with Crippen molar-refractivity contribution < 1.29 is 13.2 Å². The van der Waals surface area contributed by atoms with E-state index in [1.165, 1.54) is 16.0 Å². The Hall–Kier alpha value is -2.43. The Morgan fingerprint density at radius 2 is 2.15 bits per heavy atom. The van der Waals surface area contributed by atoms with Crippen LogP contribution in [0.4, 0.5) is 11.5 Å². The zero-order valence-electron chi connectivity index (χ0n) is 15.0. The van der Waals surface area contributed by atoms with E-state index in [2.05, 4.69) is 15.1 Å². The number of nitrogens with one attached hydrogen (secondary N) is 2. The third-order valence-corrected chi connectivity index (χ3v) is 6.74. The Morgan fingerprint density at radius 3 is 2.93 bits per heavy atom. The molecular formula is C17H22N6O3S. The molecule has 4 N–H and O–H groups in total. The third-order valence-electron chi connectivity index (χ3n) is 5.23. The van der Waals surface area contributed by atoms with Gasteiger partial charge in [0.25, 0.3) is 16.1 Å². The molecule has 2 aliphatic rings. The van der Waals surface area contributed by atoms with Crippen LogP contribution in [0.2, 0.25) is 0 Å². The van der Waals surface area contributed by atoms with E-state index in [4.69, 9.17) is 5.73 Å². The number of rotatable bonds is 3. The van der Waals surface area contributed by atoms with Crippen molar-refractivity contribution in [2.75, 3.05) is 31.2 Å². The molecule has 0 saturated heterocycles. The summed E-state index contributed by atoms with van der Waals surface area (Å²) in [6, 6.07) is 7.72. The smallest absolute Gasteiger partial charge is 0.279 e. The topological polar surface area (TPSA) is 122 Å². The average molecular weight is 390 g/mol. The van der Waals surface area contributed by atoms with E-state index in [-0.39, 0.29) is 18.4 Å². The van der Waals surface area contributed by atoms with Crippen molar-refractivity contribution in [2.45, 2.75) is 25.3 Å². The Balaban J connectivity index is 1.66. The highest BCUT2D eigenvalue weighted by atomic mass is 32.2. The highest BCUT2D eigenvalue weighted by Gasteiger charge is 2.34. The Kier molecular flexibility index (Phi) is 4.41. The molecule has 3 heterocycles. The number of nitrogen functional groups attached to an aromatic ring is 1. The zero-order chi connectivity index (χ0) is 19.2. The number of fused-ring (bicyclic) bond motifs is 2. The van der Waals surface area contributed by atoms with Crippen molar-refractivity contribution >= 4 is 27.6 Å². The van der Waals surface area contributed by atoms with E-state index in [1.54, 1.807) is 0 Å². The molecule has 0 spiro atoms. The first-order valence-electron chi connectivity index (χ1n) is 8.84. The first-order chi connectivity index (χ1) is 12.9. The minimum atomic E-state index is -3.55. The summed E-state index contributed by atoms with van der Waals surface area (Å²) in [6.45, 7) is 1.10. The fraction of sp³-hybridized carbons (Fsp3) is 0.412. The zero-order valence-corrected chi connectivity index (χ0v) is 15.8. The van der Waals surface area contributed by atoms with Gasteiger partial charge >= 0.3 is 0 Å². The number of benzene rings is 1. The molecule has 0 amide bonds. The Bertz CT molecular complexity index is 1000. The van der Waals surface area contributed by atoms with Gasteiger partial charge in [0.05, 0.1) is 18.2 Å². The largest absolute Gasteiger partial charge is 0.385 e. The second kappa shape index (κ2) is 6.63. The summed E-state index contributed by atoms with van der Waals surface area (Å²) in [5, 5.41) is 7.68. The van der Waals surface area contributed by atoms with E-state index in [0.29, 0.717) is 37.4 Å². The predicted octanol–water partition coefficient (Wildman–Crippen LogP) is 0.527. The second-order valence-corrected chi connectivity index (χ2v) is 8.58. The second-order valence-electron chi connectivity index (χ2n) is 6.71. The van der Waals surface area contributed by atoms with Crippen molar-refractivity contribution in [1.82, 2.24) is 18.8 Å². The molecule has 0 aliphatic carbocycles. The molecule has 1 atom stereocenters. The maximum absolute atomic E-state index is 13.2. The van der Waals surface area contributed by atoms with Crippen LogP contribution in [-0.2, 0) is 23.2 Å². The number of hydrogen-bond donors (Lipinski definition) is 3. The average Bonchev–Trinajstić information content (AvgIpc) is 3.03. The van der Waals surface area contributed by atoms with E-state index in [9.17, 15) is 13.2 Å². The highest BCUT2D eigenvalue weighted by molar-refractivity contribution is 7.87. The van der Waals surface area contributed by atoms with Crippen molar-refractivity contribution in [3.63, 3.8) is 0 Å². The molecule has 1 aromatic heterocycles. The lowest BCUT2D eigenvalue weighted by molar-refractivity contribution is 0.0859. The van der Waals surface area contributed by atoms with Crippen LogP contribution in [0.1, 0.15) is 34.0 Å². The molecule has 4 rings (SSSR count). The number of hydrogen-bond acceptors (Lipinski definition) is 6. The monoisotopic (exact) mass is 390 g/mol. The molecule has 27 heavy (non-hydrogen) atoms. The number of carbonyl (C=O) groups excluding carboxylic acids is 1. The number of anilines is 2. The van der Waals surface area contributed by atoms with Crippen LogP contribution < -0.4 is 15.8 Å². The summed E-state index contributed by atoms with van der Waals surface area (Å²) < 4.78 is 29.0. The summed E-state index contributed by atoms with van der Waals surface area (Å²) >= 11 is 0. The van der Waals surface area contributed by atoms with Gasteiger partial charge in [0.2, 0.25) is 0 Å². The van der Waals surface area contributed by atoms with Gasteiger partial charge in [-0.1, -0.05) is 18.2 Å². The van der Waals surface area contributed by atoms with Gasteiger partial charge in [-0.2, -0.15) is 22.5 Å². The Labute approximate surface area is 157 Å². The lowest BCUT2D eigenvalue weighted by Gasteiger charge is -2.25. The van der Waals surface area contributed by atoms with Gasteiger partial charge in [-0.15, -0.1) is 0 Å². The van der Waals surface area contributed by atoms with E-state index in [0.717, 1.165) is 16.8 Å². The molecule has 2 aliphatic heterocycles. The summed E-state index contributed by atoms with van der Waals surface area (Å²) in [6.07, 6.45) is 1.08. The third kappa shape index (κ3) is 2.99. The van der Waals surface area contributed by atoms with E-state index >= 15 is 0 Å². The van der Waals surface area contributed by atoms with E-state index in [1.807, 2.05) is 24.3 Å². The van der Waals surface area contributed by atoms with Gasteiger partial charge in [0, 0.05) is 31.4 Å². The predicted molar refractivity (Wildman–Crippen MR) is 102 cm³/mol. The number of aromatic nitrogens is 2. The molecule has 9 nitrogen and oxygen atoms in total. The quantitative estimate of drug-likeness (QED) is 0.703. The van der Waals surface area contributed by atoms with Crippen LogP contribution in [-0.4, -0.2) is 48.5 Å². The summed E-state index contributed by atoms with van der Waals surface area (Å²) in [5.74, 6) is -0.199. The van der Waals surface area contributed by atoms with Gasteiger partial charge < -0.3 is 11.1 Å². The lowest BCUT2D eigenvalue weighted by Crippen LogP contribution is -2.41. The fourth-order valence-corrected chi connectivity index (χ4v) is 4.65. The van der Waals surface area contributed by atoms with Gasteiger partial charge in [-0.05, 0) is 24.5 Å². The summed E-state index contributed by atoms with van der Waals surface area (Å²) in [5.41, 5.74) is 9.39. The summed E-state index contributed by atoms with van der Waals surface area (Å²) in [4.78, 5) is 13.2. The van der Waals surface area contributed by atoms with Crippen LogP contribution in [0.25, 0.3) is 0 Å². The molecule has 1 aromatic carbocycles. The molecule has 1 unspecified atom stereocenters. The molecule has 144 valence electrons. The first kappa shape index (κ1) is 18.0. The number of nitrogens with zero attached hydrogens (tertiary/aromatic N) is 3. The van der Waals surface area contributed by atoms with Crippen LogP contribution in [0.5, 0.6) is 0 Å². The van der Waals surface area contributed by atoms with Crippen LogP contribution in [0, 0.1) is 0 Å². The molecule has 0 saturated carbocycles. The fourth-order valence-electron chi connectivity index (χ4n) is 3.77. The van der Waals surface area contributed by atoms with Crippen molar-refractivity contribution in [3.8, 4) is 0 Å². The maximum atomic E-state index is 13.2. The molecule has 0 radical (unpaired) electrons.